The molecule has 1 aliphatic rings. The Morgan fingerprint density at radius 1 is 1.18 bits per heavy atom. The standard InChI is InChI=1S/C14H18N4O4/c15-5-4-13(19)16-6-8-17(9-7-16)14(20)11-2-1-3-12(10-11)18(21)22/h1-3,10H,4-9,15H2. The van der Waals surface area contributed by atoms with Gasteiger partial charge in [-0.2, -0.15) is 0 Å². The first-order chi connectivity index (χ1) is 10.5. The Hall–Kier alpha value is -2.48. The molecule has 8 nitrogen and oxygen atoms in total. The van der Waals surface area contributed by atoms with Crippen LogP contribution in [0.1, 0.15) is 16.8 Å². The summed E-state index contributed by atoms with van der Waals surface area (Å²) >= 11 is 0. The van der Waals surface area contributed by atoms with Crippen LogP contribution in [0.3, 0.4) is 0 Å². The predicted octanol–water partition coefficient (Wildman–Crippen LogP) is 0.228. The third-order valence-corrected chi connectivity index (χ3v) is 3.58. The number of hydrogen-bond donors (Lipinski definition) is 1. The van der Waals surface area contributed by atoms with Gasteiger partial charge in [-0.25, -0.2) is 0 Å². The van der Waals surface area contributed by atoms with E-state index in [9.17, 15) is 19.7 Å². The molecule has 0 saturated carbocycles. The highest BCUT2D eigenvalue weighted by Crippen LogP contribution is 2.16. The number of carbonyl (C=O) groups is 2. The van der Waals surface area contributed by atoms with Crippen LogP contribution in [0, 0.1) is 10.1 Å². The Labute approximate surface area is 127 Å². The zero-order valence-electron chi connectivity index (χ0n) is 12.1. The van der Waals surface area contributed by atoms with Crippen LogP contribution < -0.4 is 5.73 Å². The zero-order valence-corrected chi connectivity index (χ0v) is 12.1. The fourth-order valence-electron chi connectivity index (χ4n) is 2.38. The van der Waals surface area contributed by atoms with Crippen molar-refractivity contribution in [2.75, 3.05) is 32.7 Å². The van der Waals surface area contributed by atoms with Crippen molar-refractivity contribution in [1.82, 2.24) is 9.80 Å². The van der Waals surface area contributed by atoms with E-state index in [1.54, 1.807) is 15.9 Å². The van der Waals surface area contributed by atoms with Crippen LogP contribution >= 0.6 is 0 Å². The van der Waals surface area contributed by atoms with E-state index in [0.717, 1.165) is 0 Å². The maximum absolute atomic E-state index is 12.4. The van der Waals surface area contributed by atoms with Crippen LogP contribution in [0.15, 0.2) is 24.3 Å². The third-order valence-electron chi connectivity index (χ3n) is 3.58. The molecule has 2 amide bonds. The van der Waals surface area contributed by atoms with E-state index in [1.165, 1.54) is 18.2 Å². The van der Waals surface area contributed by atoms with Gasteiger partial charge in [0.15, 0.2) is 0 Å². The maximum atomic E-state index is 12.4. The number of amides is 2. The topological polar surface area (TPSA) is 110 Å². The number of nitrogens with two attached hydrogens (primary N) is 1. The van der Waals surface area contributed by atoms with E-state index in [2.05, 4.69) is 0 Å². The molecule has 22 heavy (non-hydrogen) atoms. The van der Waals surface area contributed by atoms with Crippen molar-refractivity contribution < 1.29 is 14.5 Å². The molecular formula is C14H18N4O4. The second kappa shape index (κ2) is 6.99. The van der Waals surface area contributed by atoms with Crippen LogP contribution in [0.5, 0.6) is 0 Å². The summed E-state index contributed by atoms with van der Waals surface area (Å²) in [6, 6.07) is 5.67. The minimum absolute atomic E-state index is 0.00931. The first-order valence-electron chi connectivity index (χ1n) is 7.04. The van der Waals surface area contributed by atoms with Gasteiger partial charge in [-0.15, -0.1) is 0 Å². The summed E-state index contributed by atoms with van der Waals surface area (Å²) < 4.78 is 0. The predicted molar refractivity (Wildman–Crippen MR) is 79.3 cm³/mol. The van der Waals surface area contributed by atoms with Crippen LogP contribution in [0.25, 0.3) is 0 Å². The summed E-state index contributed by atoms with van der Waals surface area (Å²) in [6.07, 6.45) is 0.304. The van der Waals surface area contributed by atoms with Gasteiger partial charge >= 0.3 is 0 Å². The molecule has 0 unspecified atom stereocenters. The number of nitrogens with zero attached hydrogens (tertiary/aromatic N) is 3. The normalized spacial score (nSPS) is 14.8. The second-order valence-corrected chi connectivity index (χ2v) is 5.02. The van der Waals surface area contributed by atoms with Crippen LogP contribution in [0.4, 0.5) is 5.69 Å². The highest BCUT2D eigenvalue weighted by atomic mass is 16.6. The SMILES string of the molecule is NCCC(=O)N1CCN(C(=O)c2cccc([N+](=O)[O-])c2)CC1. The van der Waals surface area contributed by atoms with E-state index in [4.69, 9.17) is 5.73 Å². The smallest absolute Gasteiger partial charge is 0.270 e. The number of nitro benzene ring substituents is 1. The number of rotatable bonds is 4. The minimum atomic E-state index is -0.528. The van der Waals surface area contributed by atoms with Gasteiger partial charge in [0, 0.05) is 56.8 Å². The Kier molecular flexibility index (Phi) is 5.05. The van der Waals surface area contributed by atoms with Crippen molar-refractivity contribution in [2.45, 2.75) is 6.42 Å². The molecule has 8 heteroatoms. The van der Waals surface area contributed by atoms with Gasteiger partial charge in [-0.1, -0.05) is 6.07 Å². The Morgan fingerprint density at radius 3 is 2.41 bits per heavy atom. The number of non-ortho nitro benzene ring substituents is 1. The lowest BCUT2D eigenvalue weighted by molar-refractivity contribution is -0.384. The molecule has 1 aromatic rings. The van der Waals surface area contributed by atoms with E-state index >= 15 is 0 Å². The summed E-state index contributed by atoms with van der Waals surface area (Å²) in [5.74, 6) is -0.264. The molecule has 0 aromatic heterocycles. The molecule has 2 rings (SSSR count). The average Bonchev–Trinajstić information content (AvgIpc) is 2.54. The van der Waals surface area contributed by atoms with Crippen molar-refractivity contribution >= 4 is 17.5 Å². The Balaban J connectivity index is 1.99. The second-order valence-electron chi connectivity index (χ2n) is 5.02. The number of nitro groups is 1. The Morgan fingerprint density at radius 2 is 1.82 bits per heavy atom. The monoisotopic (exact) mass is 306 g/mol. The lowest BCUT2D eigenvalue weighted by atomic mass is 10.1. The van der Waals surface area contributed by atoms with Crippen molar-refractivity contribution in [2.24, 2.45) is 5.73 Å². The van der Waals surface area contributed by atoms with Crippen molar-refractivity contribution in [3.8, 4) is 0 Å². The molecule has 0 atom stereocenters. The van der Waals surface area contributed by atoms with Crippen LogP contribution in [-0.2, 0) is 4.79 Å². The van der Waals surface area contributed by atoms with Gasteiger partial charge in [0.25, 0.3) is 11.6 Å². The first-order valence-corrected chi connectivity index (χ1v) is 7.04. The summed E-state index contributed by atoms with van der Waals surface area (Å²) in [4.78, 5) is 37.6. The van der Waals surface area contributed by atoms with Crippen molar-refractivity contribution in [1.29, 1.82) is 0 Å². The minimum Gasteiger partial charge on any atom is -0.339 e. The van der Waals surface area contributed by atoms with E-state index in [0.29, 0.717) is 39.1 Å². The highest BCUT2D eigenvalue weighted by molar-refractivity contribution is 5.95. The fourth-order valence-corrected chi connectivity index (χ4v) is 2.38. The van der Waals surface area contributed by atoms with Gasteiger partial charge in [0.1, 0.15) is 0 Å². The van der Waals surface area contributed by atoms with Crippen LogP contribution in [0.2, 0.25) is 0 Å². The molecule has 1 aliphatic heterocycles. The largest absolute Gasteiger partial charge is 0.339 e. The quantitative estimate of drug-likeness (QED) is 0.632. The molecule has 0 aliphatic carbocycles. The van der Waals surface area contributed by atoms with Gasteiger partial charge in [0.05, 0.1) is 4.92 Å². The molecule has 1 fully saturated rings. The third kappa shape index (κ3) is 3.59. The van der Waals surface area contributed by atoms with Crippen molar-refractivity contribution in [3.05, 3.63) is 39.9 Å². The van der Waals surface area contributed by atoms with Gasteiger partial charge in [-0.3, -0.25) is 19.7 Å². The molecule has 118 valence electrons. The van der Waals surface area contributed by atoms with E-state index in [1.807, 2.05) is 0 Å². The summed E-state index contributed by atoms with van der Waals surface area (Å²) in [6.45, 7) is 2.06. The van der Waals surface area contributed by atoms with Crippen molar-refractivity contribution in [3.63, 3.8) is 0 Å². The molecule has 1 heterocycles. The summed E-state index contributed by atoms with van der Waals surface area (Å²) in [5, 5.41) is 10.8. The molecular weight excluding hydrogens is 288 g/mol. The lowest BCUT2D eigenvalue weighted by Gasteiger charge is -2.34. The molecule has 1 aromatic carbocycles. The molecule has 0 bridgehead atoms. The highest BCUT2D eigenvalue weighted by Gasteiger charge is 2.25. The summed E-state index contributed by atoms with van der Waals surface area (Å²) in [7, 11) is 0. The average molecular weight is 306 g/mol. The molecule has 1 saturated heterocycles. The zero-order chi connectivity index (χ0) is 16.1. The van der Waals surface area contributed by atoms with Gasteiger partial charge in [-0.05, 0) is 6.07 Å². The number of carbonyl (C=O) groups excluding carboxylic acids is 2. The number of benzene rings is 1. The molecule has 2 N–H and O–H groups in total. The lowest BCUT2D eigenvalue weighted by Crippen LogP contribution is -2.50. The molecule has 0 radical (unpaired) electrons. The number of hydrogen-bond acceptors (Lipinski definition) is 5. The number of piperazine rings is 1. The van der Waals surface area contributed by atoms with Gasteiger partial charge < -0.3 is 15.5 Å². The maximum Gasteiger partial charge on any atom is 0.270 e. The van der Waals surface area contributed by atoms with Crippen LogP contribution in [-0.4, -0.2) is 59.3 Å². The molecule has 0 spiro atoms. The first kappa shape index (κ1) is 15.9. The van der Waals surface area contributed by atoms with E-state index < -0.39 is 4.92 Å². The van der Waals surface area contributed by atoms with E-state index in [-0.39, 0.29) is 23.1 Å². The van der Waals surface area contributed by atoms with Gasteiger partial charge in [0.2, 0.25) is 5.91 Å². The fraction of sp³-hybridized carbons (Fsp3) is 0.429. The summed E-state index contributed by atoms with van der Waals surface area (Å²) in [5.41, 5.74) is 5.54. The Bertz CT molecular complexity index is 582.